The van der Waals surface area contributed by atoms with E-state index in [1.54, 1.807) is 0 Å². The SMILES string of the molecule is CC[C@H](NS(=O)(=O)Cc1ccccc1C)c1ccc2c(c1)CCCC2. The molecule has 0 amide bonds. The van der Waals surface area contributed by atoms with Gasteiger partial charge in [-0.15, -0.1) is 0 Å². The lowest BCUT2D eigenvalue weighted by atomic mass is 9.89. The molecule has 134 valence electrons. The Kier molecular flexibility index (Phi) is 5.60. The van der Waals surface area contributed by atoms with E-state index in [-0.39, 0.29) is 11.8 Å². The summed E-state index contributed by atoms with van der Waals surface area (Å²) in [6.07, 6.45) is 5.48. The highest BCUT2D eigenvalue weighted by atomic mass is 32.2. The first-order valence-electron chi connectivity index (χ1n) is 9.14. The Bertz CT molecular complexity index is 843. The fraction of sp³-hybridized carbons (Fsp3) is 0.429. The summed E-state index contributed by atoms with van der Waals surface area (Å²) in [5, 5.41) is 0. The maximum Gasteiger partial charge on any atom is 0.216 e. The molecule has 3 rings (SSSR count). The predicted octanol–water partition coefficient (Wildman–Crippen LogP) is 4.44. The lowest BCUT2D eigenvalue weighted by molar-refractivity contribution is 0.548. The van der Waals surface area contributed by atoms with Crippen LogP contribution in [0.5, 0.6) is 0 Å². The molecule has 1 aliphatic carbocycles. The van der Waals surface area contributed by atoms with E-state index in [0.29, 0.717) is 0 Å². The molecule has 0 fully saturated rings. The summed E-state index contributed by atoms with van der Waals surface area (Å²) in [4.78, 5) is 0. The van der Waals surface area contributed by atoms with Gasteiger partial charge in [-0.2, -0.15) is 0 Å². The first kappa shape index (κ1) is 18.2. The third-order valence-electron chi connectivity index (χ3n) is 5.11. The van der Waals surface area contributed by atoms with E-state index in [0.717, 1.165) is 36.0 Å². The van der Waals surface area contributed by atoms with Gasteiger partial charge in [-0.05, 0) is 66.8 Å². The number of aryl methyl sites for hydroxylation is 3. The number of nitrogens with one attached hydrogen (secondary N) is 1. The summed E-state index contributed by atoms with van der Waals surface area (Å²) < 4.78 is 28.3. The third-order valence-corrected chi connectivity index (χ3v) is 6.45. The Hall–Kier alpha value is -1.65. The van der Waals surface area contributed by atoms with Crippen LogP contribution >= 0.6 is 0 Å². The van der Waals surface area contributed by atoms with Gasteiger partial charge in [-0.1, -0.05) is 49.4 Å². The molecular weight excluding hydrogens is 330 g/mol. The van der Waals surface area contributed by atoms with Crippen LogP contribution in [0, 0.1) is 6.92 Å². The lowest BCUT2D eigenvalue weighted by Crippen LogP contribution is -2.29. The minimum atomic E-state index is -3.39. The van der Waals surface area contributed by atoms with Gasteiger partial charge in [0, 0.05) is 6.04 Å². The molecule has 1 atom stereocenters. The van der Waals surface area contributed by atoms with Crippen LogP contribution in [-0.4, -0.2) is 8.42 Å². The quantitative estimate of drug-likeness (QED) is 0.830. The van der Waals surface area contributed by atoms with Crippen molar-refractivity contribution in [1.82, 2.24) is 4.72 Å². The lowest BCUT2D eigenvalue weighted by Gasteiger charge is -2.22. The topological polar surface area (TPSA) is 46.2 Å². The molecular formula is C21H27NO2S. The molecule has 0 aliphatic heterocycles. The molecule has 0 unspecified atom stereocenters. The highest BCUT2D eigenvalue weighted by molar-refractivity contribution is 7.88. The first-order chi connectivity index (χ1) is 12.0. The molecule has 0 saturated carbocycles. The van der Waals surface area contributed by atoms with Gasteiger partial charge < -0.3 is 0 Å². The Balaban J connectivity index is 1.78. The Morgan fingerprint density at radius 3 is 2.48 bits per heavy atom. The second-order valence-electron chi connectivity index (χ2n) is 7.00. The minimum absolute atomic E-state index is 0.0289. The zero-order valence-corrected chi connectivity index (χ0v) is 15.9. The monoisotopic (exact) mass is 357 g/mol. The van der Waals surface area contributed by atoms with Crippen LogP contribution < -0.4 is 4.72 Å². The standard InChI is InChI=1S/C21H27NO2S/c1-3-21(19-13-12-17-9-6-7-10-18(17)14-19)22-25(23,24)15-20-11-5-4-8-16(20)2/h4-5,8,11-14,21-22H,3,6-7,9-10,15H2,1-2H3/t21-/m0/s1. The molecule has 1 N–H and O–H groups in total. The summed E-state index contributed by atoms with van der Waals surface area (Å²) >= 11 is 0. The van der Waals surface area contributed by atoms with Crippen molar-refractivity contribution in [3.8, 4) is 0 Å². The Morgan fingerprint density at radius 2 is 1.76 bits per heavy atom. The van der Waals surface area contributed by atoms with Crippen LogP contribution in [-0.2, 0) is 28.6 Å². The number of sulfonamides is 1. The fourth-order valence-electron chi connectivity index (χ4n) is 3.59. The summed E-state index contributed by atoms with van der Waals surface area (Å²) in [5.74, 6) is 0.0289. The maximum absolute atomic E-state index is 12.7. The molecule has 0 spiro atoms. The average Bonchev–Trinajstić information content (AvgIpc) is 2.61. The van der Waals surface area contributed by atoms with E-state index < -0.39 is 10.0 Å². The Morgan fingerprint density at radius 1 is 1.04 bits per heavy atom. The van der Waals surface area contributed by atoms with Crippen molar-refractivity contribution in [3.63, 3.8) is 0 Å². The number of benzene rings is 2. The van der Waals surface area contributed by atoms with Gasteiger partial charge in [0.05, 0.1) is 5.75 Å². The van der Waals surface area contributed by atoms with Crippen LogP contribution in [0.4, 0.5) is 0 Å². The van der Waals surface area contributed by atoms with Gasteiger partial charge in [0.2, 0.25) is 10.0 Å². The van der Waals surface area contributed by atoms with E-state index in [1.165, 1.54) is 24.0 Å². The highest BCUT2D eigenvalue weighted by Crippen LogP contribution is 2.26. The van der Waals surface area contributed by atoms with Crippen LogP contribution in [0.1, 0.15) is 60.0 Å². The summed E-state index contributed by atoms with van der Waals surface area (Å²) in [5.41, 5.74) is 5.76. The van der Waals surface area contributed by atoms with Gasteiger partial charge in [0.25, 0.3) is 0 Å². The van der Waals surface area contributed by atoms with E-state index in [4.69, 9.17) is 0 Å². The molecule has 3 nitrogen and oxygen atoms in total. The second-order valence-corrected chi connectivity index (χ2v) is 8.75. The van der Waals surface area contributed by atoms with Crippen molar-refractivity contribution in [2.75, 3.05) is 0 Å². The zero-order chi connectivity index (χ0) is 17.9. The maximum atomic E-state index is 12.7. The highest BCUT2D eigenvalue weighted by Gasteiger charge is 2.20. The number of rotatable bonds is 6. The summed E-state index contributed by atoms with van der Waals surface area (Å²) in [6.45, 7) is 3.98. The molecule has 25 heavy (non-hydrogen) atoms. The van der Waals surface area contributed by atoms with Gasteiger partial charge in [-0.3, -0.25) is 0 Å². The van der Waals surface area contributed by atoms with Crippen LogP contribution in [0.2, 0.25) is 0 Å². The molecule has 1 aliphatic rings. The predicted molar refractivity (Wildman–Crippen MR) is 103 cm³/mol. The Labute approximate surface area is 151 Å². The molecule has 2 aromatic rings. The molecule has 0 radical (unpaired) electrons. The minimum Gasteiger partial charge on any atom is -0.212 e. The van der Waals surface area contributed by atoms with E-state index in [9.17, 15) is 8.42 Å². The van der Waals surface area contributed by atoms with Crippen LogP contribution in [0.15, 0.2) is 42.5 Å². The number of fused-ring (bicyclic) bond motifs is 1. The van der Waals surface area contributed by atoms with E-state index in [1.807, 2.05) is 38.1 Å². The van der Waals surface area contributed by atoms with Crippen LogP contribution in [0.3, 0.4) is 0 Å². The third kappa shape index (κ3) is 4.50. The number of hydrogen-bond acceptors (Lipinski definition) is 2. The first-order valence-corrected chi connectivity index (χ1v) is 10.8. The molecule has 0 heterocycles. The van der Waals surface area contributed by atoms with Crippen molar-refractivity contribution >= 4 is 10.0 Å². The van der Waals surface area contributed by atoms with Gasteiger partial charge in [-0.25, -0.2) is 13.1 Å². The fourth-order valence-corrected chi connectivity index (χ4v) is 5.15. The van der Waals surface area contributed by atoms with Crippen molar-refractivity contribution in [2.24, 2.45) is 0 Å². The molecule has 2 aromatic carbocycles. The van der Waals surface area contributed by atoms with Gasteiger partial charge >= 0.3 is 0 Å². The summed E-state index contributed by atoms with van der Waals surface area (Å²) in [7, 11) is -3.39. The van der Waals surface area contributed by atoms with Gasteiger partial charge in [0.1, 0.15) is 0 Å². The molecule has 4 heteroatoms. The van der Waals surface area contributed by atoms with E-state index in [2.05, 4.69) is 22.9 Å². The van der Waals surface area contributed by atoms with Gasteiger partial charge in [0.15, 0.2) is 0 Å². The molecule has 0 bridgehead atoms. The molecule has 0 aromatic heterocycles. The van der Waals surface area contributed by atoms with Crippen molar-refractivity contribution in [2.45, 2.75) is 57.7 Å². The molecule has 0 saturated heterocycles. The smallest absolute Gasteiger partial charge is 0.212 e. The second kappa shape index (κ2) is 7.71. The number of hydrogen-bond donors (Lipinski definition) is 1. The van der Waals surface area contributed by atoms with Crippen molar-refractivity contribution in [3.05, 3.63) is 70.3 Å². The van der Waals surface area contributed by atoms with Crippen molar-refractivity contribution in [1.29, 1.82) is 0 Å². The zero-order valence-electron chi connectivity index (χ0n) is 15.1. The average molecular weight is 358 g/mol. The van der Waals surface area contributed by atoms with Crippen LogP contribution in [0.25, 0.3) is 0 Å². The largest absolute Gasteiger partial charge is 0.216 e. The van der Waals surface area contributed by atoms with E-state index >= 15 is 0 Å². The van der Waals surface area contributed by atoms with Crippen molar-refractivity contribution < 1.29 is 8.42 Å². The normalized spacial score (nSPS) is 15.6. The summed E-state index contributed by atoms with van der Waals surface area (Å²) in [6, 6.07) is 14.0.